The van der Waals surface area contributed by atoms with Crippen molar-refractivity contribution in [3.05, 3.63) is 167 Å². The van der Waals surface area contributed by atoms with Crippen LogP contribution in [0.5, 0.6) is 0 Å². The van der Waals surface area contributed by atoms with E-state index in [0.717, 1.165) is 53.1 Å². The summed E-state index contributed by atoms with van der Waals surface area (Å²) in [7, 11) is 0. The first-order valence-electron chi connectivity index (χ1n) is 19.0. The van der Waals surface area contributed by atoms with Crippen LogP contribution in [0.4, 0.5) is 0 Å². The summed E-state index contributed by atoms with van der Waals surface area (Å²) in [6.45, 7) is 0. The van der Waals surface area contributed by atoms with Gasteiger partial charge in [0.2, 0.25) is 0 Å². The maximum atomic E-state index is 5.23. The van der Waals surface area contributed by atoms with Gasteiger partial charge in [0.1, 0.15) is 0 Å². The van der Waals surface area contributed by atoms with E-state index in [1.807, 2.05) is 0 Å². The fraction of sp³-hybridized carbons (Fsp3) is 0.0784. The molecule has 1 aromatic heterocycles. The van der Waals surface area contributed by atoms with Gasteiger partial charge < -0.3 is 0 Å². The second-order valence-corrected chi connectivity index (χ2v) is 14.6. The number of rotatable bonds is 4. The van der Waals surface area contributed by atoms with Gasteiger partial charge in [-0.25, -0.2) is 15.0 Å². The van der Waals surface area contributed by atoms with Gasteiger partial charge in [-0.05, 0) is 126 Å². The van der Waals surface area contributed by atoms with Gasteiger partial charge in [0.05, 0.1) is 0 Å². The normalized spacial score (nSPS) is 13.5. The van der Waals surface area contributed by atoms with Gasteiger partial charge in [0, 0.05) is 16.7 Å². The Morgan fingerprint density at radius 3 is 2.00 bits per heavy atom. The molecule has 11 rings (SSSR count). The van der Waals surface area contributed by atoms with E-state index in [1.54, 1.807) is 0 Å². The van der Waals surface area contributed by atoms with E-state index in [4.69, 9.17) is 15.0 Å². The minimum Gasteiger partial charge on any atom is -0.208 e. The fourth-order valence-electron chi connectivity index (χ4n) is 8.62. The van der Waals surface area contributed by atoms with Crippen molar-refractivity contribution >= 4 is 61.3 Å². The molecule has 0 radical (unpaired) electrons. The monoisotopic (exact) mass is 689 g/mol. The second-order valence-electron chi connectivity index (χ2n) is 14.6. The Morgan fingerprint density at radius 1 is 0.407 bits per heavy atom. The Bertz CT molecular complexity index is 3170. The Hall–Kier alpha value is -6.71. The van der Waals surface area contributed by atoms with Crippen LogP contribution in [0.3, 0.4) is 0 Å². The summed E-state index contributed by atoms with van der Waals surface area (Å²) in [6, 6.07) is 50.7. The summed E-state index contributed by atoms with van der Waals surface area (Å²) in [5, 5.41) is 12.5. The Balaban J connectivity index is 1.09. The van der Waals surface area contributed by atoms with Gasteiger partial charge in [-0.1, -0.05) is 140 Å². The van der Waals surface area contributed by atoms with Crippen molar-refractivity contribution in [3.63, 3.8) is 0 Å². The number of hydrogen-bond donors (Lipinski definition) is 0. The zero-order valence-electron chi connectivity index (χ0n) is 29.8. The molecular weight excluding hydrogens is 655 g/mol. The van der Waals surface area contributed by atoms with E-state index in [2.05, 4.69) is 164 Å². The topological polar surface area (TPSA) is 38.7 Å². The molecule has 8 aromatic carbocycles. The number of aromatic nitrogens is 3. The highest BCUT2D eigenvalue weighted by Gasteiger charge is 2.18. The van der Waals surface area contributed by atoms with E-state index in [-0.39, 0.29) is 0 Å². The number of allylic oxidation sites excluding steroid dienone is 1. The number of hydrogen-bond acceptors (Lipinski definition) is 3. The molecule has 0 fully saturated rings. The van der Waals surface area contributed by atoms with Crippen LogP contribution in [0.15, 0.2) is 146 Å². The number of aryl methyl sites for hydroxylation is 1. The smallest absolute Gasteiger partial charge is 0.164 e. The van der Waals surface area contributed by atoms with E-state index in [0.29, 0.717) is 17.5 Å². The lowest BCUT2D eigenvalue weighted by molar-refractivity contribution is 0.984. The van der Waals surface area contributed by atoms with Crippen LogP contribution in [0.25, 0.3) is 107 Å². The summed E-state index contributed by atoms with van der Waals surface area (Å²) >= 11 is 0. The molecule has 0 bridgehead atoms. The Kier molecular flexibility index (Phi) is 7.12. The lowest BCUT2D eigenvalue weighted by Crippen LogP contribution is -2.26. The molecule has 54 heavy (non-hydrogen) atoms. The van der Waals surface area contributed by atoms with Gasteiger partial charge in [-0.15, -0.1) is 0 Å². The van der Waals surface area contributed by atoms with Crippen LogP contribution in [-0.2, 0) is 6.42 Å². The van der Waals surface area contributed by atoms with Gasteiger partial charge in [-0.2, -0.15) is 0 Å². The van der Waals surface area contributed by atoms with Crippen LogP contribution < -0.4 is 10.4 Å². The van der Waals surface area contributed by atoms with Crippen molar-refractivity contribution in [3.8, 4) is 45.3 Å². The van der Waals surface area contributed by atoms with Crippen molar-refractivity contribution in [2.24, 2.45) is 0 Å². The van der Waals surface area contributed by atoms with Crippen LogP contribution in [0, 0.1) is 0 Å². The highest BCUT2D eigenvalue weighted by atomic mass is 15.0. The molecule has 1 heterocycles. The lowest BCUT2D eigenvalue weighted by Gasteiger charge is -2.15. The number of benzene rings is 8. The predicted molar refractivity (Wildman–Crippen MR) is 226 cm³/mol. The predicted octanol–water partition coefficient (Wildman–Crippen LogP) is 11.5. The van der Waals surface area contributed by atoms with Crippen molar-refractivity contribution < 1.29 is 0 Å². The molecule has 0 saturated carbocycles. The molecule has 2 aliphatic rings. The highest BCUT2D eigenvalue weighted by Crippen LogP contribution is 2.38. The minimum atomic E-state index is 0.671. The van der Waals surface area contributed by atoms with Crippen LogP contribution >= 0.6 is 0 Å². The van der Waals surface area contributed by atoms with Crippen molar-refractivity contribution in [2.75, 3.05) is 0 Å². The van der Waals surface area contributed by atoms with Crippen molar-refractivity contribution in [1.82, 2.24) is 15.0 Å². The standard InChI is InChI=1S/C51H35N3/c1-3-12-36-29-39(21-17-32(36)9-1)49-52-50(40-22-18-33-10-2-4-13-37(33)30-40)54-51(53-49)47-28-27-42(43-15-7-8-16-44(43)47)38-20-19-35-24-25-45-41-14-6-5-11-34(41)23-26-46(45)48(35)31-38/h1-3,7-12,14-31H,4-6,13H2. The van der Waals surface area contributed by atoms with Crippen molar-refractivity contribution in [2.45, 2.75) is 25.7 Å². The lowest BCUT2D eigenvalue weighted by atomic mass is 9.91. The molecule has 254 valence electrons. The van der Waals surface area contributed by atoms with Gasteiger partial charge >= 0.3 is 0 Å². The van der Waals surface area contributed by atoms with Gasteiger partial charge in [-0.3, -0.25) is 0 Å². The molecule has 0 spiro atoms. The zero-order chi connectivity index (χ0) is 35.6. The zero-order valence-corrected chi connectivity index (χ0v) is 29.8. The quantitative estimate of drug-likeness (QED) is 0.173. The maximum absolute atomic E-state index is 5.23. The summed E-state index contributed by atoms with van der Waals surface area (Å²) in [5.74, 6) is 2.03. The maximum Gasteiger partial charge on any atom is 0.164 e. The number of fused-ring (bicyclic) bond motifs is 8. The van der Waals surface area contributed by atoms with Gasteiger partial charge in [0.15, 0.2) is 17.5 Å². The molecule has 0 amide bonds. The van der Waals surface area contributed by atoms with Crippen LogP contribution in [-0.4, -0.2) is 15.0 Å². The van der Waals surface area contributed by atoms with Gasteiger partial charge in [0.25, 0.3) is 0 Å². The second kappa shape index (κ2) is 12.5. The first-order chi connectivity index (χ1) is 26.7. The van der Waals surface area contributed by atoms with E-state index in [9.17, 15) is 0 Å². The molecule has 3 heteroatoms. The summed E-state index contributed by atoms with van der Waals surface area (Å²) < 4.78 is 0. The van der Waals surface area contributed by atoms with Crippen LogP contribution in [0.2, 0.25) is 0 Å². The first-order valence-corrected chi connectivity index (χ1v) is 19.0. The molecule has 0 atom stereocenters. The third kappa shape index (κ3) is 5.15. The molecule has 2 aliphatic carbocycles. The van der Waals surface area contributed by atoms with Crippen LogP contribution in [0.1, 0.15) is 30.4 Å². The summed E-state index contributed by atoms with van der Waals surface area (Å²) in [4.78, 5) is 15.6. The molecule has 0 N–H and O–H groups in total. The van der Waals surface area contributed by atoms with E-state index < -0.39 is 0 Å². The molecule has 0 saturated heterocycles. The molecule has 9 aromatic rings. The average molecular weight is 690 g/mol. The SMILES string of the molecule is C1=Cc2ccc(-c3nc(-c4ccc5ccccc5c4)nc(-c4ccc(-c5ccc6ccc7c8c(ccc7c6c5)=CCCC=8)c5ccccc45)n3)cc2CC1. The van der Waals surface area contributed by atoms with E-state index in [1.165, 1.54) is 65.0 Å². The van der Waals surface area contributed by atoms with Crippen molar-refractivity contribution in [1.29, 1.82) is 0 Å². The van der Waals surface area contributed by atoms with E-state index >= 15 is 0 Å². The highest BCUT2D eigenvalue weighted by molar-refractivity contribution is 6.11. The summed E-state index contributed by atoms with van der Waals surface area (Å²) in [6.07, 6.45) is 13.5. The number of nitrogens with zero attached hydrogens (tertiary/aromatic N) is 3. The average Bonchev–Trinajstić information content (AvgIpc) is 3.25. The molecular formula is C51H35N3. The minimum absolute atomic E-state index is 0.671. The molecule has 3 nitrogen and oxygen atoms in total. The first kappa shape index (κ1) is 30.9. The molecule has 0 aliphatic heterocycles. The largest absolute Gasteiger partial charge is 0.208 e. The molecule has 0 unspecified atom stereocenters. The summed E-state index contributed by atoms with van der Waals surface area (Å²) in [5.41, 5.74) is 7.97. The fourth-order valence-corrected chi connectivity index (χ4v) is 8.62. The third-order valence-corrected chi connectivity index (χ3v) is 11.4. The Labute approximate surface area is 313 Å². The Morgan fingerprint density at radius 2 is 1.09 bits per heavy atom. The third-order valence-electron chi connectivity index (χ3n) is 11.4.